The smallest absolute Gasteiger partial charge is 0.131 e. The Morgan fingerprint density at radius 2 is 2.20 bits per heavy atom. The highest BCUT2D eigenvalue weighted by Crippen LogP contribution is 2.29. The number of anilines is 2. The Labute approximate surface area is 119 Å². The molecule has 1 N–H and O–H groups in total. The molecule has 0 saturated carbocycles. The van der Waals surface area contributed by atoms with Gasteiger partial charge in [0.1, 0.15) is 18.0 Å². The topological polar surface area (TPSA) is 53.9 Å². The monoisotopic (exact) mass is 269 g/mol. The van der Waals surface area contributed by atoms with Gasteiger partial charge in [-0.25, -0.2) is 15.0 Å². The summed E-state index contributed by atoms with van der Waals surface area (Å²) in [4.78, 5) is 15.0. The first kappa shape index (κ1) is 12.8. The molecule has 3 rings (SSSR count). The normalized spacial score (nSPS) is 18.9. The Morgan fingerprint density at radius 1 is 1.25 bits per heavy atom. The molecule has 0 aromatic carbocycles. The largest absolute Gasteiger partial charge is 0.373 e. The van der Waals surface area contributed by atoms with Gasteiger partial charge in [-0.1, -0.05) is 0 Å². The average molecular weight is 269 g/mol. The minimum Gasteiger partial charge on any atom is -0.373 e. The number of aromatic nitrogens is 3. The standard InChI is InChI=1S/C15H19N5/c1-16-14-9-12(4-7-18-14)13-3-2-8-20(10-13)15-5-6-17-11-19-15/h4-7,9,11,13H,2-3,8,10H2,1H3,(H,16,18)/t13-/m1/s1. The summed E-state index contributed by atoms with van der Waals surface area (Å²) in [6.45, 7) is 2.07. The van der Waals surface area contributed by atoms with Crippen molar-refractivity contribution in [1.29, 1.82) is 0 Å². The highest BCUT2D eigenvalue weighted by Gasteiger charge is 2.22. The van der Waals surface area contributed by atoms with Crippen LogP contribution in [0.15, 0.2) is 36.9 Å². The van der Waals surface area contributed by atoms with Crippen molar-refractivity contribution in [3.63, 3.8) is 0 Å². The third-order valence-electron chi connectivity index (χ3n) is 3.82. The second-order valence-electron chi connectivity index (χ2n) is 5.08. The molecule has 104 valence electrons. The van der Waals surface area contributed by atoms with E-state index in [1.54, 1.807) is 12.5 Å². The summed E-state index contributed by atoms with van der Waals surface area (Å²) in [6.07, 6.45) is 7.70. The molecule has 0 bridgehead atoms. The predicted octanol–water partition coefficient (Wildman–Crippen LogP) is 2.30. The quantitative estimate of drug-likeness (QED) is 0.926. The van der Waals surface area contributed by atoms with Crippen LogP contribution in [0.3, 0.4) is 0 Å². The van der Waals surface area contributed by atoms with Crippen molar-refractivity contribution < 1.29 is 0 Å². The van der Waals surface area contributed by atoms with Crippen LogP contribution in [-0.4, -0.2) is 35.1 Å². The van der Waals surface area contributed by atoms with Crippen molar-refractivity contribution in [2.45, 2.75) is 18.8 Å². The minimum absolute atomic E-state index is 0.536. The number of pyridine rings is 1. The van der Waals surface area contributed by atoms with Gasteiger partial charge in [-0.15, -0.1) is 0 Å². The van der Waals surface area contributed by atoms with Gasteiger partial charge in [0.15, 0.2) is 0 Å². The van der Waals surface area contributed by atoms with Gasteiger partial charge in [0.2, 0.25) is 0 Å². The zero-order chi connectivity index (χ0) is 13.8. The van der Waals surface area contributed by atoms with Gasteiger partial charge < -0.3 is 10.2 Å². The maximum absolute atomic E-state index is 4.35. The van der Waals surface area contributed by atoms with Gasteiger partial charge in [0.25, 0.3) is 0 Å². The highest BCUT2D eigenvalue weighted by atomic mass is 15.2. The average Bonchev–Trinajstić information content (AvgIpc) is 2.56. The Kier molecular flexibility index (Phi) is 3.76. The maximum atomic E-state index is 4.35. The van der Waals surface area contributed by atoms with Crippen LogP contribution in [-0.2, 0) is 0 Å². The molecule has 5 heteroatoms. The molecule has 0 amide bonds. The number of piperidine rings is 1. The molecule has 20 heavy (non-hydrogen) atoms. The molecule has 1 aliphatic heterocycles. The zero-order valence-electron chi connectivity index (χ0n) is 11.7. The molecule has 5 nitrogen and oxygen atoms in total. The first-order valence-electron chi connectivity index (χ1n) is 7.01. The van der Waals surface area contributed by atoms with Crippen LogP contribution in [0, 0.1) is 0 Å². The van der Waals surface area contributed by atoms with Crippen LogP contribution in [0.5, 0.6) is 0 Å². The van der Waals surface area contributed by atoms with Crippen LogP contribution < -0.4 is 10.2 Å². The lowest BCUT2D eigenvalue weighted by molar-refractivity contribution is 0.507. The number of nitrogens with one attached hydrogen (secondary N) is 1. The van der Waals surface area contributed by atoms with Crippen LogP contribution >= 0.6 is 0 Å². The van der Waals surface area contributed by atoms with E-state index in [1.165, 1.54) is 18.4 Å². The Balaban J connectivity index is 1.78. The van der Waals surface area contributed by atoms with Crippen LogP contribution in [0.25, 0.3) is 0 Å². The minimum atomic E-state index is 0.536. The lowest BCUT2D eigenvalue weighted by atomic mass is 9.91. The fraction of sp³-hybridized carbons (Fsp3) is 0.400. The fourth-order valence-electron chi connectivity index (χ4n) is 2.77. The third kappa shape index (κ3) is 2.71. The van der Waals surface area contributed by atoms with Crippen molar-refractivity contribution in [2.24, 2.45) is 0 Å². The van der Waals surface area contributed by atoms with Crippen molar-refractivity contribution in [1.82, 2.24) is 15.0 Å². The van der Waals surface area contributed by atoms with Crippen molar-refractivity contribution >= 4 is 11.6 Å². The lowest BCUT2D eigenvalue weighted by Crippen LogP contribution is -2.34. The lowest BCUT2D eigenvalue weighted by Gasteiger charge is -2.33. The molecule has 0 radical (unpaired) electrons. The molecule has 1 atom stereocenters. The molecule has 1 aliphatic rings. The van der Waals surface area contributed by atoms with Crippen LogP contribution in [0.1, 0.15) is 24.3 Å². The molecule has 0 aliphatic carbocycles. The molecule has 1 fully saturated rings. The Morgan fingerprint density at radius 3 is 3.00 bits per heavy atom. The van der Waals surface area contributed by atoms with E-state index in [1.807, 2.05) is 19.3 Å². The van der Waals surface area contributed by atoms with Crippen molar-refractivity contribution in [3.8, 4) is 0 Å². The Hall–Kier alpha value is -2.17. The third-order valence-corrected chi connectivity index (χ3v) is 3.82. The van der Waals surface area contributed by atoms with E-state index in [-0.39, 0.29) is 0 Å². The second-order valence-corrected chi connectivity index (χ2v) is 5.08. The van der Waals surface area contributed by atoms with E-state index in [2.05, 4.69) is 37.3 Å². The van der Waals surface area contributed by atoms with Crippen molar-refractivity contribution in [3.05, 3.63) is 42.5 Å². The summed E-state index contributed by atoms with van der Waals surface area (Å²) in [6, 6.07) is 6.25. The number of hydrogen-bond acceptors (Lipinski definition) is 5. The van der Waals surface area contributed by atoms with E-state index in [0.717, 1.165) is 24.7 Å². The molecular weight excluding hydrogens is 250 g/mol. The SMILES string of the molecule is CNc1cc([C@@H]2CCCN(c3ccncn3)C2)ccn1. The molecule has 1 saturated heterocycles. The molecule has 2 aromatic rings. The van der Waals surface area contributed by atoms with Gasteiger partial charge in [-0.2, -0.15) is 0 Å². The molecule has 0 unspecified atom stereocenters. The molecule has 3 heterocycles. The molecule has 2 aromatic heterocycles. The first-order valence-corrected chi connectivity index (χ1v) is 7.01. The molecular formula is C15H19N5. The zero-order valence-corrected chi connectivity index (χ0v) is 11.7. The summed E-state index contributed by atoms with van der Waals surface area (Å²) in [5.41, 5.74) is 1.35. The fourth-order valence-corrected chi connectivity index (χ4v) is 2.77. The van der Waals surface area contributed by atoms with Gasteiger partial charge in [-0.05, 0) is 36.6 Å². The van der Waals surface area contributed by atoms with E-state index < -0.39 is 0 Å². The summed E-state index contributed by atoms with van der Waals surface area (Å²) in [5.74, 6) is 2.49. The van der Waals surface area contributed by atoms with Crippen molar-refractivity contribution in [2.75, 3.05) is 30.4 Å². The van der Waals surface area contributed by atoms with E-state index in [9.17, 15) is 0 Å². The van der Waals surface area contributed by atoms with Crippen LogP contribution in [0.2, 0.25) is 0 Å². The number of rotatable bonds is 3. The number of hydrogen-bond donors (Lipinski definition) is 1. The highest BCUT2D eigenvalue weighted by molar-refractivity contribution is 5.41. The second kappa shape index (κ2) is 5.86. The van der Waals surface area contributed by atoms with Gasteiger partial charge in [0.05, 0.1) is 0 Å². The predicted molar refractivity (Wildman–Crippen MR) is 80.0 cm³/mol. The first-order chi connectivity index (χ1) is 9.86. The van der Waals surface area contributed by atoms with E-state index >= 15 is 0 Å². The van der Waals surface area contributed by atoms with E-state index in [0.29, 0.717) is 5.92 Å². The maximum Gasteiger partial charge on any atom is 0.131 e. The van der Waals surface area contributed by atoms with Gasteiger partial charge in [-0.3, -0.25) is 0 Å². The van der Waals surface area contributed by atoms with Gasteiger partial charge >= 0.3 is 0 Å². The number of nitrogens with zero attached hydrogens (tertiary/aromatic N) is 4. The molecule has 0 spiro atoms. The van der Waals surface area contributed by atoms with Crippen LogP contribution in [0.4, 0.5) is 11.6 Å². The summed E-state index contributed by atoms with van der Waals surface area (Å²) in [5, 5.41) is 3.10. The summed E-state index contributed by atoms with van der Waals surface area (Å²) in [7, 11) is 1.90. The summed E-state index contributed by atoms with van der Waals surface area (Å²) >= 11 is 0. The van der Waals surface area contributed by atoms with E-state index in [4.69, 9.17) is 0 Å². The van der Waals surface area contributed by atoms with Gasteiger partial charge in [0, 0.05) is 38.4 Å². The Bertz CT molecular complexity index is 557. The summed E-state index contributed by atoms with van der Waals surface area (Å²) < 4.78 is 0.